The molecule has 1 rings (SSSR count). The summed E-state index contributed by atoms with van der Waals surface area (Å²) in [5, 5.41) is 13.2. The highest BCUT2D eigenvalue weighted by Gasteiger charge is 2.22. The van der Waals surface area contributed by atoms with Crippen LogP contribution < -0.4 is 5.32 Å². The average Bonchev–Trinajstić information content (AvgIpc) is 2.31. The van der Waals surface area contributed by atoms with E-state index in [0.29, 0.717) is 17.1 Å². The van der Waals surface area contributed by atoms with Crippen LogP contribution in [-0.2, 0) is 16.1 Å². The van der Waals surface area contributed by atoms with Crippen LogP contribution in [0.4, 0.5) is 0 Å². The second-order valence-electron chi connectivity index (χ2n) is 4.36. The molecule has 0 amide bonds. The van der Waals surface area contributed by atoms with Gasteiger partial charge in [-0.05, 0) is 18.1 Å². The van der Waals surface area contributed by atoms with Gasteiger partial charge in [0.05, 0.1) is 7.11 Å². The second-order valence-corrected chi connectivity index (χ2v) is 4.77. The van der Waals surface area contributed by atoms with Gasteiger partial charge in [0.1, 0.15) is 11.8 Å². The zero-order chi connectivity index (χ0) is 13.7. The fourth-order valence-electron chi connectivity index (χ4n) is 1.65. The Morgan fingerprint density at radius 2 is 2.17 bits per heavy atom. The van der Waals surface area contributed by atoms with Crippen LogP contribution in [0.25, 0.3) is 0 Å². The molecule has 0 unspecified atom stereocenters. The lowest BCUT2D eigenvalue weighted by Crippen LogP contribution is -2.41. The lowest BCUT2D eigenvalue weighted by atomic mass is 10.0. The van der Waals surface area contributed by atoms with Gasteiger partial charge in [0.2, 0.25) is 0 Å². The predicted octanol–water partition coefficient (Wildman–Crippen LogP) is 2.33. The maximum absolute atomic E-state index is 11.6. The lowest BCUT2D eigenvalue weighted by Gasteiger charge is -2.20. The molecule has 0 fully saturated rings. The third-order valence-electron chi connectivity index (χ3n) is 2.71. The number of aromatic hydroxyl groups is 1. The van der Waals surface area contributed by atoms with Gasteiger partial charge in [-0.3, -0.25) is 10.1 Å². The van der Waals surface area contributed by atoms with E-state index in [1.807, 2.05) is 13.8 Å². The number of nitrogens with one attached hydrogen (secondary N) is 1. The smallest absolute Gasteiger partial charge is 0.323 e. The third kappa shape index (κ3) is 3.62. The number of ether oxygens (including phenoxy) is 1. The molecule has 18 heavy (non-hydrogen) atoms. The minimum absolute atomic E-state index is 0.0853. The fourth-order valence-corrected chi connectivity index (χ4v) is 1.89. The van der Waals surface area contributed by atoms with Crippen molar-refractivity contribution in [3.05, 3.63) is 28.8 Å². The first-order chi connectivity index (χ1) is 8.47. The average molecular weight is 272 g/mol. The maximum atomic E-state index is 11.6. The Morgan fingerprint density at radius 1 is 1.50 bits per heavy atom. The van der Waals surface area contributed by atoms with Crippen LogP contribution in [0.15, 0.2) is 18.2 Å². The molecule has 4 nitrogen and oxygen atoms in total. The zero-order valence-electron chi connectivity index (χ0n) is 10.7. The van der Waals surface area contributed by atoms with Crippen LogP contribution in [-0.4, -0.2) is 24.2 Å². The highest BCUT2D eigenvalue weighted by atomic mass is 35.5. The van der Waals surface area contributed by atoms with Gasteiger partial charge in [-0.2, -0.15) is 0 Å². The number of phenolic OH excluding ortho intramolecular Hbond substituents is 1. The Morgan fingerprint density at radius 3 is 2.67 bits per heavy atom. The van der Waals surface area contributed by atoms with Crippen molar-refractivity contribution in [1.29, 1.82) is 0 Å². The molecule has 100 valence electrons. The molecule has 0 saturated heterocycles. The molecule has 1 aromatic rings. The summed E-state index contributed by atoms with van der Waals surface area (Å²) in [7, 11) is 1.35. The van der Waals surface area contributed by atoms with Gasteiger partial charge in [-0.25, -0.2) is 0 Å². The molecule has 0 saturated carbocycles. The molecule has 2 N–H and O–H groups in total. The SMILES string of the molecule is COC(=O)[C@@H](NCc1c(O)cccc1Cl)C(C)C. The molecule has 0 radical (unpaired) electrons. The Balaban J connectivity index is 2.76. The summed E-state index contributed by atoms with van der Waals surface area (Å²) < 4.78 is 4.73. The molecule has 1 aromatic carbocycles. The number of hydrogen-bond donors (Lipinski definition) is 2. The van der Waals surface area contributed by atoms with Crippen molar-refractivity contribution < 1.29 is 14.6 Å². The summed E-state index contributed by atoms with van der Waals surface area (Å²) in [6.07, 6.45) is 0. The number of halogens is 1. The number of phenols is 1. The van der Waals surface area contributed by atoms with E-state index in [2.05, 4.69) is 5.32 Å². The van der Waals surface area contributed by atoms with E-state index in [1.165, 1.54) is 7.11 Å². The first kappa shape index (κ1) is 14.8. The van der Waals surface area contributed by atoms with Crippen LogP contribution in [0.5, 0.6) is 5.75 Å². The largest absolute Gasteiger partial charge is 0.508 e. The zero-order valence-corrected chi connectivity index (χ0v) is 11.5. The minimum atomic E-state index is -0.425. The number of hydrogen-bond acceptors (Lipinski definition) is 4. The van der Waals surface area contributed by atoms with Crippen LogP contribution in [0.2, 0.25) is 5.02 Å². The number of methoxy groups -OCH3 is 1. The number of benzene rings is 1. The molecule has 0 aliphatic rings. The van der Waals surface area contributed by atoms with E-state index in [0.717, 1.165) is 0 Å². The number of carbonyl (C=O) groups is 1. The van der Waals surface area contributed by atoms with Gasteiger partial charge in [0, 0.05) is 17.1 Å². The van der Waals surface area contributed by atoms with Crippen molar-refractivity contribution in [2.75, 3.05) is 7.11 Å². The third-order valence-corrected chi connectivity index (χ3v) is 3.07. The molecular weight excluding hydrogens is 254 g/mol. The fraction of sp³-hybridized carbons (Fsp3) is 0.462. The van der Waals surface area contributed by atoms with Crippen molar-refractivity contribution >= 4 is 17.6 Å². The molecule has 0 bridgehead atoms. The molecule has 5 heteroatoms. The van der Waals surface area contributed by atoms with Crippen molar-refractivity contribution in [2.24, 2.45) is 5.92 Å². The molecule has 0 spiro atoms. The van der Waals surface area contributed by atoms with E-state index in [1.54, 1.807) is 18.2 Å². The Labute approximate surface area is 112 Å². The summed E-state index contributed by atoms with van der Waals surface area (Å²) >= 11 is 5.99. The van der Waals surface area contributed by atoms with Crippen LogP contribution in [0, 0.1) is 5.92 Å². The maximum Gasteiger partial charge on any atom is 0.323 e. The van der Waals surface area contributed by atoms with Gasteiger partial charge >= 0.3 is 5.97 Å². The first-order valence-corrected chi connectivity index (χ1v) is 6.12. The Kier molecular flexibility index (Phi) is 5.44. The summed E-state index contributed by atoms with van der Waals surface area (Å²) in [6.45, 7) is 4.14. The van der Waals surface area contributed by atoms with Crippen LogP contribution in [0.1, 0.15) is 19.4 Å². The van der Waals surface area contributed by atoms with E-state index < -0.39 is 6.04 Å². The molecule has 0 aliphatic heterocycles. The first-order valence-electron chi connectivity index (χ1n) is 5.75. The summed E-state index contributed by atoms with van der Waals surface area (Å²) in [5.41, 5.74) is 0.578. The standard InChI is InChI=1S/C13H18ClNO3/c1-8(2)12(13(17)18-3)15-7-9-10(14)5-4-6-11(9)16/h4-6,8,12,15-16H,7H2,1-3H3/t12-/m0/s1. The van der Waals surface area contributed by atoms with Crippen molar-refractivity contribution in [1.82, 2.24) is 5.32 Å². The normalized spacial score (nSPS) is 12.5. The molecule has 0 heterocycles. The molecule has 1 atom stereocenters. The van der Waals surface area contributed by atoms with E-state index in [9.17, 15) is 9.90 Å². The second kappa shape index (κ2) is 6.61. The Hall–Kier alpha value is -1.26. The van der Waals surface area contributed by atoms with Gasteiger partial charge in [0.25, 0.3) is 0 Å². The van der Waals surface area contributed by atoms with E-state index in [-0.39, 0.29) is 17.6 Å². The van der Waals surface area contributed by atoms with Crippen molar-refractivity contribution in [2.45, 2.75) is 26.4 Å². The monoisotopic (exact) mass is 271 g/mol. The molecule has 0 aromatic heterocycles. The summed E-state index contributed by atoms with van der Waals surface area (Å²) in [4.78, 5) is 11.6. The van der Waals surface area contributed by atoms with Crippen molar-refractivity contribution in [3.8, 4) is 5.75 Å². The highest BCUT2D eigenvalue weighted by Crippen LogP contribution is 2.25. The minimum Gasteiger partial charge on any atom is -0.508 e. The van der Waals surface area contributed by atoms with Gasteiger partial charge in [-0.15, -0.1) is 0 Å². The van der Waals surface area contributed by atoms with E-state index >= 15 is 0 Å². The topological polar surface area (TPSA) is 58.6 Å². The van der Waals surface area contributed by atoms with Gasteiger partial charge in [-0.1, -0.05) is 31.5 Å². The molecule has 0 aliphatic carbocycles. The molecular formula is C13H18ClNO3. The number of esters is 1. The number of carbonyl (C=O) groups excluding carboxylic acids is 1. The lowest BCUT2D eigenvalue weighted by molar-refractivity contribution is -0.144. The van der Waals surface area contributed by atoms with Crippen LogP contribution >= 0.6 is 11.6 Å². The summed E-state index contributed by atoms with van der Waals surface area (Å²) in [5.74, 6) is -0.124. The van der Waals surface area contributed by atoms with Crippen molar-refractivity contribution in [3.63, 3.8) is 0 Å². The highest BCUT2D eigenvalue weighted by molar-refractivity contribution is 6.31. The van der Waals surface area contributed by atoms with Gasteiger partial charge < -0.3 is 9.84 Å². The Bertz CT molecular complexity index is 400. The van der Waals surface area contributed by atoms with E-state index in [4.69, 9.17) is 16.3 Å². The van der Waals surface area contributed by atoms with Gasteiger partial charge in [0.15, 0.2) is 0 Å². The number of rotatable bonds is 5. The van der Waals surface area contributed by atoms with Crippen LogP contribution in [0.3, 0.4) is 0 Å². The summed E-state index contributed by atoms with van der Waals surface area (Å²) in [6, 6.07) is 4.50. The quantitative estimate of drug-likeness (QED) is 0.807. The predicted molar refractivity (Wildman–Crippen MR) is 70.6 cm³/mol.